The highest BCUT2D eigenvalue weighted by Crippen LogP contribution is 2.32. The molecule has 0 saturated heterocycles. The number of aromatic nitrogens is 5. The first-order valence-corrected chi connectivity index (χ1v) is 10.2. The van der Waals surface area contributed by atoms with Crippen LogP contribution in [0.1, 0.15) is 38.1 Å². The lowest BCUT2D eigenvalue weighted by Gasteiger charge is -2.21. The maximum absolute atomic E-state index is 14.0. The van der Waals surface area contributed by atoms with Crippen LogP contribution in [0.25, 0.3) is 33.5 Å². The highest BCUT2D eigenvalue weighted by molar-refractivity contribution is 5.84. The molecule has 0 unspecified atom stereocenters. The summed E-state index contributed by atoms with van der Waals surface area (Å²) in [6.45, 7) is 0. The first kappa shape index (κ1) is 18.6. The van der Waals surface area contributed by atoms with E-state index in [0.29, 0.717) is 34.3 Å². The fourth-order valence-electron chi connectivity index (χ4n) is 4.15. The first-order chi connectivity index (χ1) is 14.6. The summed E-state index contributed by atoms with van der Waals surface area (Å²) in [5, 5.41) is 4.58. The molecule has 5 rings (SSSR count). The third kappa shape index (κ3) is 3.28. The van der Waals surface area contributed by atoms with Gasteiger partial charge in [-0.3, -0.25) is 4.68 Å². The molecular weight excluding hydrogens is 383 g/mol. The van der Waals surface area contributed by atoms with Crippen molar-refractivity contribution in [2.24, 2.45) is 0 Å². The van der Waals surface area contributed by atoms with Crippen LogP contribution >= 0.6 is 0 Å². The standard InChI is InChI=1S/C22H23FN6O/c1-30-20-9-19-18(8-17(20)23)27-22(28-19)16-7-13(10-25-21(16)24)14-11-26-29(12-14)15-5-3-2-4-6-15/h7-12,15H,2-6H2,1H3,(H2,24,25)(H,27,28). The summed E-state index contributed by atoms with van der Waals surface area (Å²) in [6.07, 6.45) is 11.8. The topological polar surface area (TPSA) is 94.6 Å². The smallest absolute Gasteiger partial charge is 0.167 e. The number of benzene rings is 1. The van der Waals surface area contributed by atoms with Gasteiger partial charge in [-0.15, -0.1) is 0 Å². The number of halogens is 1. The van der Waals surface area contributed by atoms with Crippen molar-refractivity contribution in [3.05, 3.63) is 42.6 Å². The van der Waals surface area contributed by atoms with E-state index in [-0.39, 0.29) is 5.75 Å². The van der Waals surface area contributed by atoms with Crippen molar-refractivity contribution < 1.29 is 9.13 Å². The molecule has 0 atom stereocenters. The minimum atomic E-state index is -0.449. The molecule has 0 aliphatic heterocycles. The van der Waals surface area contributed by atoms with Crippen molar-refractivity contribution in [2.75, 3.05) is 12.8 Å². The van der Waals surface area contributed by atoms with Gasteiger partial charge in [0.15, 0.2) is 11.6 Å². The minimum absolute atomic E-state index is 0.149. The summed E-state index contributed by atoms with van der Waals surface area (Å²) in [4.78, 5) is 12.1. The fraction of sp³-hybridized carbons (Fsp3) is 0.318. The number of hydrogen-bond donors (Lipinski definition) is 2. The van der Waals surface area contributed by atoms with Crippen LogP contribution < -0.4 is 10.5 Å². The van der Waals surface area contributed by atoms with E-state index in [4.69, 9.17) is 10.5 Å². The maximum atomic E-state index is 14.0. The molecule has 0 spiro atoms. The summed E-state index contributed by atoms with van der Waals surface area (Å²) < 4.78 is 21.1. The number of H-pyrrole nitrogens is 1. The van der Waals surface area contributed by atoms with Gasteiger partial charge in [0.1, 0.15) is 11.6 Å². The lowest BCUT2D eigenvalue weighted by atomic mass is 9.96. The van der Waals surface area contributed by atoms with Gasteiger partial charge in [0.2, 0.25) is 0 Å². The van der Waals surface area contributed by atoms with E-state index >= 15 is 0 Å². The van der Waals surface area contributed by atoms with Crippen molar-refractivity contribution in [1.29, 1.82) is 0 Å². The summed E-state index contributed by atoms with van der Waals surface area (Å²) in [5.74, 6) is 0.583. The lowest BCUT2D eigenvalue weighted by molar-refractivity contribution is 0.329. The van der Waals surface area contributed by atoms with Gasteiger partial charge in [0, 0.05) is 35.7 Å². The van der Waals surface area contributed by atoms with Crippen LogP contribution in [0, 0.1) is 5.82 Å². The molecule has 154 valence electrons. The number of imidazole rings is 1. The molecule has 3 N–H and O–H groups in total. The van der Waals surface area contributed by atoms with Gasteiger partial charge in [-0.1, -0.05) is 19.3 Å². The van der Waals surface area contributed by atoms with E-state index in [2.05, 4.69) is 30.9 Å². The Kier molecular flexibility index (Phi) is 4.61. The molecule has 7 nitrogen and oxygen atoms in total. The third-order valence-corrected chi connectivity index (χ3v) is 5.81. The monoisotopic (exact) mass is 406 g/mol. The van der Waals surface area contributed by atoms with Gasteiger partial charge in [0.05, 0.1) is 35.9 Å². The van der Waals surface area contributed by atoms with Crippen LogP contribution in [0.5, 0.6) is 5.75 Å². The zero-order valence-electron chi connectivity index (χ0n) is 16.7. The van der Waals surface area contributed by atoms with Crippen LogP contribution in [-0.2, 0) is 0 Å². The number of fused-ring (bicyclic) bond motifs is 1. The number of nitrogens with two attached hydrogens (primary N) is 1. The second-order valence-corrected chi connectivity index (χ2v) is 7.75. The Labute approximate surface area is 173 Å². The summed E-state index contributed by atoms with van der Waals surface area (Å²) in [5.41, 5.74) is 9.85. The van der Waals surface area contributed by atoms with Crippen molar-refractivity contribution in [3.63, 3.8) is 0 Å². The highest BCUT2D eigenvalue weighted by atomic mass is 19.1. The van der Waals surface area contributed by atoms with E-state index in [1.807, 2.05) is 12.3 Å². The number of methoxy groups -OCH3 is 1. The molecule has 30 heavy (non-hydrogen) atoms. The Bertz CT molecular complexity index is 1210. The highest BCUT2D eigenvalue weighted by Gasteiger charge is 2.18. The third-order valence-electron chi connectivity index (χ3n) is 5.81. The number of nitrogens with zero attached hydrogens (tertiary/aromatic N) is 4. The van der Waals surface area contributed by atoms with Gasteiger partial charge in [0.25, 0.3) is 0 Å². The van der Waals surface area contributed by atoms with Crippen LogP contribution in [0.3, 0.4) is 0 Å². The van der Waals surface area contributed by atoms with Crippen LogP contribution in [0.4, 0.5) is 10.2 Å². The molecule has 0 bridgehead atoms. The number of aromatic amines is 1. The zero-order valence-corrected chi connectivity index (χ0v) is 16.7. The van der Waals surface area contributed by atoms with E-state index in [1.165, 1.54) is 45.3 Å². The summed E-state index contributed by atoms with van der Waals surface area (Å²) >= 11 is 0. The molecular formula is C22H23FN6O. The maximum Gasteiger partial charge on any atom is 0.167 e. The normalized spacial score (nSPS) is 15.0. The predicted octanol–water partition coefficient (Wildman–Crippen LogP) is 4.72. The lowest BCUT2D eigenvalue weighted by Crippen LogP contribution is -2.12. The largest absolute Gasteiger partial charge is 0.494 e. The number of rotatable bonds is 4. The molecule has 1 aliphatic carbocycles. The van der Waals surface area contributed by atoms with Crippen molar-refractivity contribution in [3.8, 4) is 28.3 Å². The Morgan fingerprint density at radius 1 is 1.13 bits per heavy atom. The van der Waals surface area contributed by atoms with Gasteiger partial charge in [-0.25, -0.2) is 14.4 Å². The van der Waals surface area contributed by atoms with E-state index < -0.39 is 5.82 Å². The van der Waals surface area contributed by atoms with Gasteiger partial charge in [-0.05, 0) is 18.9 Å². The summed E-state index contributed by atoms with van der Waals surface area (Å²) in [6, 6.07) is 5.34. The second-order valence-electron chi connectivity index (χ2n) is 7.75. The quantitative estimate of drug-likeness (QED) is 0.511. The molecule has 3 aromatic heterocycles. The van der Waals surface area contributed by atoms with Gasteiger partial charge in [-0.2, -0.15) is 5.10 Å². The van der Waals surface area contributed by atoms with Crippen LogP contribution in [-0.4, -0.2) is 31.8 Å². The second kappa shape index (κ2) is 7.44. The Balaban J connectivity index is 1.51. The average Bonchev–Trinajstić information content (AvgIpc) is 3.41. The van der Waals surface area contributed by atoms with Crippen LogP contribution in [0.15, 0.2) is 36.8 Å². The Morgan fingerprint density at radius 2 is 1.97 bits per heavy atom. The molecule has 1 fully saturated rings. The van der Waals surface area contributed by atoms with E-state index in [9.17, 15) is 4.39 Å². The number of anilines is 1. The molecule has 3 heterocycles. The predicted molar refractivity (Wildman–Crippen MR) is 114 cm³/mol. The minimum Gasteiger partial charge on any atom is -0.494 e. The molecule has 0 radical (unpaired) electrons. The van der Waals surface area contributed by atoms with Crippen molar-refractivity contribution in [2.45, 2.75) is 38.1 Å². The molecule has 1 aromatic carbocycles. The number of ether oxygens (including phenoxy) is 1. The molecule has 1 saturated carbocycles. The van der Waals surface area contributed by atoms with E-state index in [1.54, 1.807) is 12.3 Å². The molecule has 1 aliphatic rings. The van der Waals surface area contributed by atoms with Gasteiger partial charge >= 0.3 is 0 Å². The Hall–Kier alpha value is -3.42. The summed E-state index contributed by atoms with van der Waals surface area (Å²) in [7, 11) is 1.43. The van der Waals surface area contributed by atoms with Gasteiger partial charge < -0.3 is 15.5 Å². The Morgan fingerprint density at radius 3 is 2.77 bits per heavy atom. The van der Waals surface area contributed by atoms with Crippen molar-refractivity contribution >= 4 is 16.9 Å². The number of nitrogens with one attached hydrogen (secondary N) is 1. The number of hydrogen-bond acceptors (Lipinski definition) is 5. The van der Waals surface area contributed by atoms with E-state index in [0.717, 1.165) is 11.1 Å². The molecule has 0 amide bonds. The number of pyridine rings is 1. The zero-order chi connectivity index (χ0) is 20.7. The number of nitrogen functional groups attached to an aromatic ring is 1. The van der Waals surface area contributed by atoms with Crippen molar-refractivity contribution in [1.82, 2.24) is 24.7 Å². The molecule has 8 heteroatoms. The first-order valence-electron chi connectivity index (χ1n) is 10.2. The average molecular weight is 406 g/mol. The fourth-order valence-corrected chi connectivity index (χ4v) is 4.15. The SMILES string of the molecule is COc1cc2nc(-c3cc(-c4cnn(C5CCCCC5)c4)cnc3N)[nH]c2cc1F. The molecule has 4 aromatic rings. The van der Waals surface area contributed by atoms with Crippen LogP contribution in [0.2, 0.25) is 0 Å².